The standard InChI is InChI=1S/C61H93N7O17/c1-17-35(8)50-48(84-40(13)70)31-49(71)85-53(34(6)7)52(72)36(9)54(73)62-43(28-32(2)3)58(77)68-27-19-21-45(68)60(79)66(15)47(30-41-22-24-42(81-16)25-23-41)61(80)83-37(10)51(56(75)63-50)64-55(74)46(29-33(4)5)65(14)59(78)44-20-18-26-67(44)57(76)38(11)82-39(12)69/h22-25,32-38,43-48,50-51,53H,17-21,26-31H2,1-16H3,(H,62,73)(H,63,75)(H,64,74)/t35-,36-,37+,38-,43-,44-,45-,46+,47-,48-,50+,51-,53-/m0/s1. The number of esters is 4. The molecule has 3 aliphatic heterocycles. The quantitative estimate of drug-likeness (QED) is 0.114. The maximum absolute atomic E-state index is 15.3. The van der Waals surface area contributed by atoms with Crippen molar-refractivity contribution < 1.29 is 81.2 Å². The largest absolute Gasteiger partial charge is 0.497 e. The number of ketones is 1. The topological polar surface area (TPSA) is 300 Å². The van der Waals surface area contributed by atoms with Crippen molar-refractivity contribution in [3.8, 4) is 5.75 Å². The van der Waals surface area contributed by atoms with Crippen molar-refractivity contribution in [3.63, 3.8) is 0 Å². The molecule has 24 heteroatoms. The number of amides is 7. The van der Waals surface area contributed by atoms with Gasteiger partial charge in [0.05, 0.1) is 25.5 Å². The third-order valence-corrected chi connectivity index (χ3v) is 16.1. The van der Waals surface area contributed by atoms with Crippen LogP contribution in [0.4, 0.5) is 0 Å². The lowest BCUT2D eigenvalue weighted by molar-refractivity contribution is -0.166. The number of ether oxygens (including phenoxy) is 5. The predicted molar refractivity (Wildman–Crippen MR) is 309 cm³/mol. The van der Waals surface area contributed by atoms with E-state index in [1.165, 1.54) is 61.6 Å². The fourth-order valence-electron chi connectivity index (χ4n) is 11.1. The third-order valence-electron chi connectivity index (χ3n) is 16.1. The molecule has 3 saturated heterocycles. The van der Waals surface area contributed by atoms with Gasteiger partial charge in [-0.1, -0.05) is 73.9 Å². The molecule has 3 N–H and O–H groups in total. The number of carbonyl (C=O) groups is 12. The number of methoxy groups -OCH3 is 1. The van der Waals surface area contributed by atoms with Gasteiger partial charge in [-0.2, -0.15) is 0 Å². The van der Waals surface area contributed by atoms with Gasteiger partial charge in [-0.05, 0) is 101 Å². The molecule has 0 aromatic heterocycles. The number of hydrogen-bond donors (Lipinski definition) is 3. The smallest absolute Gasteiger partial charge is 0.329 e. The number of fused-ring (bicyclic) bond motifs is 1. The normalized spacial score (nSPS) is 26.4. The molecule has 0 spiro atoms. The van der Waals surface area contributed by atoms with Crippen LogP contribution in [0.3, 0.4) is 0 Å². The average molecular weight is 1200 g/mol. The number of hydrogen-bond acceptors (Lipinski definition) is 17. The number of rotatable bonds is 17. The van der Waals surface area contributed by atoms with E-state index in [1.54, 1.807) is 52.0 Å². The Morgan fingerprint density at radius 1 is 0.812 bits per heavy atom. The predicted octanol–water partition coefficient (Wildman–Crippen LogP) is 3.46. The third kappa shape index (κ3) is 18.9. The van der Waals surface area contributed by atoms with Gasteiger partial charge in [-0.15, -0.1) is 0 Å². The minimum atomic E-state index is -1.82. The molecule has 1 aromatic carbocycles. The van der Waals surface area contributed by atoms with Crippen LogP contribution < -0.4 is 20.7 Å². The molecule has 3 heterocycles. The van der Waals surface area contributed by atoms with Gasteiger partial charge >= 0.3 is 23.9 Å². The summed E-state index contributed by atoms with van der Waals surface area (Å²) >= 11 is 0. The number of nitrogens with one attached hydrogen (secondary N) is 3. The van der Waals surface area contributed by atoms with E-state index in [0.717, 1.165) is 13.8 Å². The van der Waals surface area contributed by atoms with Crippen LogP contribution >= 0.6 is 0 Å². The second-order valence-corrected chi connectivity index (χ2v) is 24.1. The molecule has 474 valence electrons. The number of benzene rings is 1. The van der Waals surface area contributed by atoms with Crippen LogP contribution in [0.1, 0.15) is 147 Å². The molecule has 24 nitrogen and oxygen atoms in total. The van der Waals surface area contributed by atoms with E-state index < -0.39 is 162 Å². The molecule has 3 aliphatic rings. The Bertz CT molecular complexity index is 2570. The van der Waals surface area contributed by atoms with Crippen LogP contribution in [0.25, 0.3) is 0 Å². The second kappa shape index (κ2) is 31.8. The summed E-state index contributed by atoms with van der Waals surface area (Å²) in [4.78, 5) is 176. The monoisotopic (exact) mass is 1200 g/mol. The number of cyclic esters (lactones) is 2. The highest BCUT2D eigenvalue weighted by atomic mass is 16.6. The summed E-state index contributed by atoms with van der Waals surface area (Å²) in [5, 5.41) is 8.37. The molecule has 4 rings (SSSR count). The maximum Gasteiger partial charge on any atom is 0.329 e. The molecule has 0 bridgehead atoms. The highest BCUT2D eigenvalue weighted by molar-refractivity contribution is 6.05. The Morgan fingerprint density at radius 2 is 1.45 bits per heavy atom. The number of likely N-dealkylation sites (N-methyl/N-ethyl adjacent to an activating group) is 2. The fraction of sp³-hybridized carbons (Fsp3) is 0.705. The first-order valence-corrected chi connectivity index (χ1v) is 29.8. The number of carbonyl (C=O) groups excluding carboxylic acids is 12. The number of Topliss-reactive ketones (excluding diaryl/α,β-unsaturated/α-hetero) is 1. The molecular formula is C61H93N7O17. The summed E-state index contributed by atoms with van der Waals surface area (Å²) in [5.41, 5.74) is 0.552. The van der Waals surface area contributed by atoms with Gasteiger partial charge in [0, 0.05) is 47.5 Å². The van der Waals surface area contributed by atoms with E-state index in [-0.39, 0.29) is 57.0 Å². The lowest BCUT2D eigenvalue weighted by atomic mass is 9.91. The van der Waals surface area contributed by atoms with E-state index >= 15 is 19.2 Å². The van der Waals surface area contributed by atoms with Crippen molar-refractivity contribution in [1.29, 1.82) is 0 Å². The fourth-order valence-corrected chi connectivity index (χ4v) is 11.1. The first kappa shape index (κ1) is 70.3. The van der Waals surface area contributed by atoms with E-state index in [2.05, 4.69) is 16.0 Å². The summed E-state index contributed by atoms with van der Waals surface area (Å²) in [6.45, 7) is 20.6. The van der Waals surface area contributed by atoms with Crippen LogP contribution in [0, 0.1) is 29.6 Å². The SMILES string of the molecule is CC[C@H](C)[C@H]1NC(=O)[C@@H](NC(=O)[C@@H](CC(C)C)N(C)C(=O)[C@@H]2CCCN2C(=O)[C@H](C)OC(C)=O)[C@@H](C)OC(=O)[C@H](Cc2ccc(OC)cc2)N(C)C(=O)[C@@H]2CCCN2C(=O)[C@H](CC(C)C)NC(=O)[C@@H](C)C(=O)[C@H](C(C)C)OC(=O)C[C@@H]1OC(C)=O. The molecule has 13 atom stereocenters. The molecule has 0 aliphatic carbocycles. The van der Waals surface area contributed by atoms with Gasteiger partial charge in [0.2, 0.25) is 35.4 Å². The minimum Gasteiger partial charge on any atom is -0.497 e. The van der Waals surface area contributed by atoms with Gasteiger partial charge in [-0.3, -0.25) is 52.7 Å². The van der Waals surface area contributed by atoms with Crippen molar-refractivity contribution in [2.24, 2.45) is 29.6 Å². The molecule has 7 amide bonds. The van der Waals surface area contributed by atoms with E-state index in [0.29, 0.717) is 30.6 Å². The molecule has 0 saturated carbocycles. The maximum atomic E-state index is 15.3. The molecule has 0 radical (unpaired) electrons. The molecule has 3 fully saturated rings. The van der Waals surface area contributed by atoms with Crippen molar-refractivity contribution >= 4 is 71.0 Å². The van der Waals surface area contributed by atoms with E-state index in [4.69, 9.17) is 23.7 Å². The Kier molecular flexibility index (Phi) is 26.4. The van der Waals surface area contributed by atoms with Crippen molar-refractivity contribution in [1.82, 2.24) is 35.6 Å². The van der Waals surface area contributed by atoms with E-state index in [9.17, 15) is 38.4 Å². The zero-order valence-corrected chi connectivity index (χ0v) is 52.6. The first-order valence-electron chi connectivity index (χ1n) is 29.8. The van der Waals surface area contributed by atoms with Gasteiger partial charge < -0.3 is 59.2 Å². The van der Waals surface area contributed by atoms with Gasteiger partial charge in [0.15, 0.2) is 18.0 Å². The van der Waals surface area contributed by atoms with Gasteiger partial charge in [0.1, 0.15) is 54.2 Å². The van der Waals surface area contributed by atoms with Crippen LogP contribution in [0.2, 0.25) is 0 Å². The van der Waals surface area contributed by atoms with Crippen LogP contribution in [0.5, 0.6) is 5.75 Å². The van der Waals surface area contributed by atoms with Crippen molar-refractivity contribution in [3.05, 3.63) is 29.8 Å². The van der Waals surface area contributed by atoms with Gasteiger partial charge in [-0.25, -0.2) is 4.79 Å². The zero-order valence-electron chi connectivity index (χ0n) is 52.6. The lowest BCUT2D eigenvalue weighted by Crippen LogP contribution is -2.62. The van der Waals surface area contributed by atoms with E-state index in [1.807, 2.05) is 27.7 Å². The second-order valence-electron chi connectivity index (χ2n) is 24.1. The Labute approximate surface area is 500 Å². The number of likely N-dealkylation sites (tertiary alicyclic amines) is 1. The molecule has 0 unspecified atom stereocenters. The van der Waals surface area contributed by atoms with Gasteiger partial charge in [0.25, 0.3) is 5.91 Å². The lowest BCUT2D eigenvalue weighted by Gasteiger charge is -2.37. The van der Waals surface area contributed by atoms with Crippen LogP contribution in [-0.4, -0.2) is 192 Å². The Balaban J connectivity index is 1.94. The average Bonchev–Trinajstić information content (AvgIpc) is 3.38. The Hall–Kier alpha value is -7.14. The number of nitrogens with zero attached hydrogens (tertiary/aromatic N) is 4. The van der Waals surface area contributed by atoms with Crippen molar-refractivity contribution in [2.75, 3.05) is 34.3 Å². The molecule has 85 heavy (non-hydrogen) atoms. The van der Waals surface area contributed by atoms with Crippen LogP contribution in [0.15, 0.2) is 24.3 Å². The minimum absolute atomic E-state index is 0.0336. The van der Waals surface area contributed by atoms with Crippen molar-refractivity contribution in [2.45, 2.75) is 215 Å². The molecular weight excluding hydrogens is 1100 g/mol. The zero-order chi connectivity index (χ0) is 63.9. The summed E-state index contributed by atoms with van der Waals surface area (Å²) in [5.74, 6) is -12.2. The highest BCUT2D eigenvalue weighted by Crippen LogP contribution is 2.28. The highest BCUT2D eigenvalue weighted by Gasteiger charge is 2.46. The Morgan fingerprint density at radius 3 is 2.01 bits per heavy atom. The summed E-state index contributed by atoms with van der Waals surface area (Å²) in [6, 6.07) is -2.48. The summed E-state index contributed by atoms with van der Waals surface area (Å²) in [6.07, 6.45) is -4.94. The molecule has 1 aromatic rings. The first-order chi connectivity index (χ1) is 39.8. The summed E-state index contributed by atoms with van der Waals surface area (Å²) in [7, 11) is 4.26. The summed E-state index contributed by atoms with van der Waals surface area (Å²) < 4.78 is 28.3. The van der Waals surface area contributed by atoms with Crippen LogP contribution in [-0.2, 0) is 82.9 Å².